The summed E-state index contributed by atoms with van der Waals surface area (Å²) < 4.78 is 28.3. The summed E-state index contributed by atoms with van der Waals surface area (Å²) >= 11 is 0. The van der Waals surface area contributed by atoms with Crippen molar-refractivity contribution in [3.05, 3.63) is 95.7 Å². The van der Waals surface area contributed by atoms with E-state index in [9.17, 15) is 13.2 Å². The molecule has 6 heteroatoms. The Morgan fingerprint density at radius 3 is 2.39 bits per heavy atom. The van der Waals surface area contributed by atoms with Crippen LogP contribution < -0.4 is 5.32 Å². The van der Waals surface area contributed by atoms with E-state index in [2.05, 4.69) is 19.2 Å². The van der Waals surface area contributed by atoms with Crippen molar-refractivity contribution >= 4 is 32.3 Å². The lowest BCUT2D eigenvalue weighted by Crippen LogP contribution is -2.18. The van der Waals surface area contributed by atoms with Crippen molar-refractivity contribution in [1.82, 2.24) is 4.57 Å². The van der Waals surface area contributed by atoms with E-state index >= 15 is 0 Å². The van der Waals surface area contributed by atoms with E-state index in [1.807, 2.05) is 73.7 Å². The van der Waals surface area contributed by atoms with Gasteiger partial charge in [-0.05, 0) is 42.2 Å². The zero-order chi connectivity index (χ0) is 23.6. The van der Waals surface area contributed by atoms with Gasteiger partial charge in [0.1, 0.15) is 6.54 Å². The standard InChI is InChI=1S/C27H28N2O3S/c1-19(2)22-11-13-23(14-12-22)28-27(30)17-29-16-26(24-9-4-5-10-25(24)29)33(31,32)18-21-8-6-7-20(3)15-21/h4-16,19H,17-18H2,1-3H3,(H,28,30). The van der Waals surface area contributed by atoms with E-state index < -0.39 is 9.84 Å². The van der Waals surface area contributed by atoms with Crippen LogP contribution >= 0.6 is 0 Å². The molecule has 4 rings (SSSR count). The van der Waals surface area contributed by atoms with E-state index in [1.165, 1.54) is 5.56 Å². The number of sulfone groups is 1. The van der Waals surface area contributed by atoms with Gasteiger partial charge in [0.15, 0.2) is 9.84 Å². The van der Waals surface area contributed by atoms with Crippen LogP contribution in [0.15, 0.2) is 83.9 Å². The molecule has 5 nitrogen and oxygen atoms in total. The van der Waals surface area contributed by atoms with Crippen LogP contribution in [0.25, 0.3) is 10.9 Å². The number of hydrogen-bond acceptors (Lipinski definition) is 3. The fourth-order valence-corrected chi connectivity index (χ4v) is 5.57. The van der Waals surface area contributed by atoms with Gasteiger partial charge in [0.2, 0.25) is 5.91 Å². The van der Waals surface area contributed by atoms with E-state index in [0.717, 1.165) is 11.1 Å². The number of rotatable bonds is 7. The van der Waals surface area contributed by atoms with Gasteiger partial charge in [-0.15, -0.1) is 0 Å². The predicted molar refractivity (Wildman–Crippen MR) is 133 cm³/mol. The number of carbonyl (C=O) groups is 1. The first-order valence-electron chi connectivity index (χ1n) is 11.0. The zero-order valence-electron chi connectivity index (χ0n) is 19.1. The predicted octanol–water partition coefficient (Wildman–Crippen LogP) is 5.69. The second-order valence-corrected chi connectivity index (χ2v) is 10.7. The molecule has 0 saturated carbocycles. The van der Waals surface area contributed by atoms with Gasteiger partial charge in [-0.25, -0.2) is 8.42 Å². The molecule has 1 heterocycles. The van der Waals surface area contributed by atoms with Crippen molar-refractivity contribution in [2.24, 2.45) is 0 Å². The molecule has 0 spiro atoms. The van der Waals surface area contributed by atoms with E-state index in [0.29, 0.717) is 22.5 Å². The Kier molecular flexibility index (Phi) is 6.38. The van der Waals surface area contributed by atoms with Crippen LogP contribution in [0.2, 0.25) is 0 Å². The molecule has 0 atom stereocenters. The average Bonchev–Trinajstić information content (AvgIpc) is 3.13. The van der Waals surface area contributed by atoms with Crippen LogP contribution in [-0.2, 0) is 26.9 Å². The second kappa shape index (κ2) is 9.24. The van der Waals surface area contributed by atoms with Crippen LogP contribution in [0.4, 0.5) is 5.69 Å². The quantitative estimate of drug-likeness (QED) is 0.385. The third-order valence-corrected chi connectivity index (χ3v) is 7.41. The summed E-state index contributed by atoms with van der Waals surface area (Å²) in [7, 11) is -3.60. The third kappa shape index (κ3) is 5.17. The molecule has 0 fully saturated rings. The first-order valence-corrected chi connectivity index (χ1v) is 12.6. The van der Waals surface area contributed by atoms with Crippen LogP contribution in [-0.4, -0.2) is 18.9 Å². The average molecular weight is 461 g/mol. The Bertz CT molecular complexity index is 1400. The van der Waals surface area contributed by atoms with Crippen molar-refractivity contribution in [2.45, 2.75) is 43.9 Å². The Labute approximate surface area is 195 Å². The summed E-state index contributed by atoms with van der Waals surface area (Å²) in [5, 5.41) is 3.53. The highest BCUT2D eigenvalue weighted by Crippen LogP contribution is 2.28. The van der Waals surface area contributed by atoms with Gasteiger partial charge in [-0.1, -0.05) is 74.0 Å². The fourth-order valence-electron chi connectivity index (χ4n) is 4.00. The fraction of sp³-hybridized carbons (Fsp3) is 0.222. The number of benzene rings is 3. The van der Waals surface area contributed by atoms with Crippen molar-refractivity contribution in [2.75, 3.05) is 5.32 Å². The number of carbonyl (C=O) groups excluding carboxylic acids is 1. The Morgan fingerprint density at radius 2 is 1.70 bits per heavy atom. The minimum absolute atomic E-state index is 0.0202. The molecule has 1 amide bonds. The number of hydrogen-bond donors (Lipinski definition) is 1. The van der Waals surface area contributed by atoms with Gasteiger partial charge < -0.3 is 9.88 Å². The molecule has 0 aliphatic carbocycles. The number of nitrogens with one attached hydrogen (secondary N) is 1. The number of fused-ring (bicyclic) bond motifs is 1. The van der Waals surface area contributed by atoms with Gasteiger partial charge in [0.05, 0.1) is 10.6 Å². The minimum Gasteiger partial charge on any atom is -0.337 e. The third-order valence-electron chi connectivity index (χ3n) is 5.70. The van der Waals surface area contributed by atoms with Gasteiger partial charge in [-0.2, -0.15) is 0 Å². The topological polar surface area (TPSA) is 68.2 Å². The van der Waals surface area contributed by atoms with E-state index in [4.69, 9.17) is 0 Å². The monoisotopic (exact) mass is 460 g/mol. The highest BCUT2D eigenvalue weighted by molar-refractivity contribution is 7.90. The number of para-hydroxylation sites is 1. The molecule has 170 valence electrons. The molecule has 4 aromatic rings. The lowest BCUT2D eigenvalue weighted by atomic mass is 10.0. The number of nitrogens with zero attached hydrogens (tertiary/aromatic N) is 1. The Morgan fingerprint density at radius 1 is 0.970 bits per heavy atom. The van der Waals surface area contributed by atoms with Crippen LogP contribution in [0.3, 0.4) is 0 Å². The molecule has 0 aliphatic heterocycles. The molecule has 0 radical (unpaired) electrons. The molecular weight excluding hydrogens is 432 g/mol. The largest absolute Gasteiger partial charge is 0.337 e. The van der Waals surface area contributed by atoms with Crippen LogP contribution in [0.1, 0.15) is 36.5 Å². The van der Waals surface area contributed by atoms with Crippen molar-refractivity contribution in [3.8, 4) is 0 Å². The van der Waals surface area contributed by atoms with Crippen molar-refractivity contribution in [3.63, 3.8) is 0 Å². The minimum atomic E-state index is -3.60. The molecule has 0 bridgehead atoms. The summed E-state index contributed by atoms with van der Waals surface area (Å²) in [6.07, 6.45) is 1.58. The Hall–Kier alpha value is -3.38. The molecule has 1 N–H and O–H groups in total. The maximum absolute atomic E-state index is 13.3. The number of amides is 1. The van der Waals surface area contributed by atoms with Crippen LogP contribution in [0.5, 0.6) is 0 Å². The first-order chi connectivity index (χ1) is 15.7. The summed E-state index contributed by atoms with van der Waals surface area (Å²) in [6.45, 7) is 6.20. The summed E-state index contributed by atoms with van der Waals surface area (Å²) in [5.74, 6) is 0.119. The maximum Gasteiger partial charge on any atom is 0.244 e. The molecular formula is C27H28N2O3S. The molecule has 0 saturated heterocycles. The lowest BCUT2D eigenvalue weighted by Gasteiger charge is -2.09. The maximum atomic E-state index is 13.3. The SMILES string of the molecule is Cc1cccc(CS(=O)(=O)c2cn(CC(=O)Nc3ccc(C(C)C)cc3)c3ccccc23)c1. The molecule has 1 aromatic heterocycles. The van der Waals surface area contributed by atoms with Crippen molar-refractivity contribution in [1.29, 1.82) is 0 Å². The highest BCUT2D eigenvalue weighted by atomic mass is 32.2. The van der Waals surface area contributed by atoms with E-state index in [-0.39, 0.29) is 23.1 Å². The van der Waals surface area contributed by atoms with E-state index in [1.54, 1.807) is 16.8 Å². The summed E-state index contributed by atoms with van der Waals surface area (Å²) in [5.41, 5.74) is 4.39. The number of aromatic nitrogens is 1. The normalized spacial score (nSPS) is 11.8. The highest BCUT2D eigenvalue weighted by Gasteiger charge is 2.22. The second-order valence-electron chi connectivity index (χ2n) is 8.71. The summed E-state index contributed by atoms with van der Waals surface area (Å²) in [6, 6.07) is 22.6. The molecule has 0 aliphatic rings. The number of anilines is 1. The Balaban J connectivity index is 1.59. The molecule has 33 heavy (non-hydrogen) atoms. The lowest BCUT2D eigenvalue weighted by molar-refractivity contribution is -0.116. The van der Waals surface area contributed by atoms with Gasteiger partial charge >= 0.3 is 0 Å². The van der Waals surface area contributed by atoms with Gasteiger partial charge in [0.25, 0.3) is 0 Å². The first kappa shape index (κ1) is 22.8. The summed E-state index contributed by atoms with van der Waals surface area (Å²) in [4.78, 5) is 13.0. The number of aryl methyl sites for hydroxylation is 1. The molecule has 3 aromatic carbocycles. The van der Waals surface area contributed by atoms with Crippen LogP contribution in [0, 0.1) is 6.92 Å². The zero-order valence-corrected chi connectivity index (χ0v) is 19.9. The molecule has 0 unspecified atom stereocenters. The smallest absolute Gasteiger partial charge is 0.244 e. The van der Waals surface area contributed by atoms with Gasteiger partial charge in [-0.3, -0.25) is 4.79 Å². The van der Waals surface area contributed by atoms with Gasteiger partial charge in [0, 0.05) is 22.8 Å². The van der Waals surface area contributed by atoms with Crippen molar-refractivity contribution < 1.29 is 13.2 Å².